The van der Waals surface area contributed by atoms with Gasteiger partial charge in [-0.2, -0.15) is 5.10 Å². The first-order valence-corrected chi connectivity index (χ1v) is 11.1. The standard InChI is InChI=1S/C22H21Cl2N7/c23-15-3-1-2-14(18(15)24)20-27-12-17-21(26-8-11-30(17)20)29-9-5-22(6-10-29)13-31-16(19(22)25)4-7-28-31/h1-4,7-8,11-12,19H,5-6,9-10,13,25H2/t19-/m1/s1. The maximum absolute atomic E-state index is 6.64. The van der Waals surface area contributed by atoms with Gasteiger partial charge in [-0.05, 0) is 31.0 Å². The molecule has 3 aromatic heterocycles. The molecule has 9 heteroatoms. The summed E-state index contributed by atoms with van der Waals surface area (Å²) in [5, 5.41) is 5.45. The summed E-state index contributed by atoms with van der Waals surface area (Å²) in [4.78, 5) is 11.7. The zero-order valence-electron chi connectivity index (χ0n) is 16.7. The number of rotatable bonds is 2. The zero-order valence-corrected chi connectivity index (χ0v) is 18.3. The smallest absolute Gasteiger partial charge is 0.154 e. The summed E-state index contributed by atoms with van der Waals surface area (Å²) in [5.74, 6) is 1.68. The van der Waals surface area contributed by atoms with Crippen LogP contribution >= 0.6 is 23.2 Å². The molecule has 0 radical (unpaired) electrons. The average Bonchev–Trinajstić information content (AvgIpc) is 3.47. The summed E-state index contributed by atoms with van der Waals surface area (Å²) in [5.41, 5.74) is 9.61. The van der Waals surface area contributed by atoms with E-state index < -0.39 is 0 Å². The first kappa shape index (κ1) is 19.1. The van der Waals surface area contributed by atoms with Crippen molar-refractivity contribution in [3.63, 3.8) is 0 Å². The van der Waals surface area contributed by atoms with Crippen molar-refractivity contribution in [3.05, 3.63) is 64.8 Å². The number of nitrogens with two attached hydrogens (primary N) is 1. The molecule has 4 aromatic rings. The summed E-state index contributed by atoms with van der Waals surface area (Å²) in [6.45, 7) is 2.68. The van der Waals surface area contributed by atoms with Crippen LogP contribution in [0.25, 0.3) is 16.9 Å². The molecule has 0 amide bonds. The van der Waals surface area contributed by atoms with Gasteiger partial charge in [-0.1, -0.05) is 29.3 Å². The summed E-state index contributed by atoms with van der Waals surface area (Å²) in [7, 11) is 0. The highest BCUT2D eigenvalue weighted by molar-refractivity contribution is 6.43. The fourth-order valence-corrected chi connectivity index (χ4v) is 5.50. The van der Waals surface area contributed by atoms with Crippen molar-refractivity contribution in [2.45, 2.75) is 25.4 Å². The average molecular weight is 454 g/mol. The first-order valence-electron chi connectivity index (χ1n) is 10.4. The van der Waals surface area contributed by atoms with Gasteiger partial charge in [-0.15, -0.1) is 0 Å². The van der Waals surface area contributed by atoms with Gasteiger partial charge >= 0.3 is 0 Å². The van der Waals surface area contributed by atoms with Crippen LogP contribution in [0.15, 0.2) is 49.1 Å². The minimum Gasteiger partial charge on any atom is -0.355 e. The maximum Gasteiger partial charge on any atom is 0.154 e. The van der Waals surface area contributed by atoms with Gasteiger partial charge in [0.25, 0.3) is 0 Å². The lowest BCUT2D eigenvalue weighted by Crippen LogP contribution is -2.45. The van der Waals surface area contributed by atoms with Gasteiger partial charge in [-0.25, -0.2) is 9.97 Å². The largest absolute Gasteiger partial charge is 0.355 e. The van der Waals surface area contributed by atoms with Crippen LogP contribution in [0.1, 0.15) is 24.6 Å². The molecule has 2 aliphatic heterocycles. The zero-order chi connectivity index (χ0) is 21.2. The first-order chi connectivity index (χ1) is 15.1. The molecule has 31 heavy (non-hydrogen) atoms. The fraction of sp³-hybridized carbons (Fsp3) is 0.318. The highest BCUT2D eigenvalue weighted by Gasteiger charge is 2.47. The number of aromatic nitrogens is 5. The molecule has 0 saturated carbocycles. The molecule has 1 saturated heterocycles. The van der Waals surface area contributed by atoms with Gasteiger partial charge in [0.1, 0.15) is 11.3 Å². The van der Waals surface area contributed by atoms with Crippen molar-refractivity contribution in [2.24, 2.45) is 11.1 Å². The molecular formula is C22H21Cl2N7. The van der Waals surface area contributed by atoms with Gasteiger partial charge in [0.15, 0.2) is 5.82 Å². The van der Waals surface area contributed by atoms with Gasteiger partial charge in [0.2, 0.25) is 0 Å². The van der Waals surface area contributed by atoms with Crippen LogP contribution in [-0.2, 0) is 6.54 Å². The van der Waals surface area contributed by atoms with E-state index in [9.17, 15) is 0 Å². The Kier molecular flexibility index (Phi) is 4.28. The Balaban J connectivity index is 1.31. The number of halogens is 2. The molecule has 0 bridgehead atoms. The number of nitrogens with zero attached hydrogens (tertiary/aromatic N) is 6. The number of benzene rings is 1. The Bertz CT molecular complexity index is 1290. The van der Waals surface area contributed by atoms with E-state index in [1.165, 1.54) is 0 Å². The molecule has 6 rings (SSSR count). The van der Waals surface area contributed by atoms with E-state index in [4.69, 9.17) is 33.9 Å². The second-order valence-electron chi connectivity index (χ2n) is 8.43. The third kappa shape index (κ3) is 2.80. The summed E-state index contributed by atoms with van der Waals surface area (Å²) >= 11 is 12.7. The molecule has 0 aliphatic carbocycles. The lowest BCUT2D eigenvalue weighted by atomic mass is 9.73. The number of anilines is 1. The van der Waals surface area contributed by atoms with Gasteiger partial charge in [-0.3, -0.25) is 9.08 Å². The van der Waals surface area contributed by atoms with E-state index in [0.717, 1.165) is 60.9 Å². The Morgan fingerprint density at radius 3 is 2.71 bits per heavy atom. The van der Waals surface area contributed by atoms with Gasteiger partial charge < -0.3 is 10.6 Å². The Morgan fingerprint density at radius 1 is 1.06 bits per heavy atom. The predicted molar refractivity (Wildman–Crippen MR) is 121 cm³/mol. The lowest BCUT2D eigenvalue weighted by molar-refractivity contribution is 0.170. The number of piperidine rings is 1. The van der Waals surface area contributed by atoms with Crippen LogP contribution in [0.5, 0.6) is 0 Å². The van der Waals surface area contributed by atoms with E-state index >= 15 is 0 Å². The SMILES string of the molecule is N[C@@H]1c2ccnn2CC12CCN(c1nccn3c(-c4cccc(Cl)c4Cl)ncc13)CC2. The summed E-state index contributed by atoms with van der Waals surface area (Å²) < 4.78 is 4.10. The van der Waals surface area contributed by atoms with Crippen LogP contribution in [0.4, 0.5) is 5.82 Å². The van der Waals surface area contributed by atoms with Crippen molar-refractivity contribution < 1.29 is 0 Å². The minimum atomic E-state index is 0.0347. The number of hydrogen-bond donors (Lipinski definition) is 1. The fourth-order valence-electron chi connectivity index (χ4n) is 5.12. The van der Waals surface area contributed by atoms with E-state index in [1.54, 1.807) is 6.07 Å². The van der Waals surface area contributed by atoms with Crippen LogP contribution in [-0.4, -0.2) is 37.2 Å². The van der Waals surface area contributed by atoms with Crippen LogP contribution < -0.4 is 10.6 Å². The molecule has 2 aliphatic rings. The number of imidazole rings is 1. The van der Waals surface area contributed by atoms with Crippen LogP contribution in [0, 0.1) is 5.41 Å². The molecular weight excluding hydrogens is 433 g/mol. The second-order valence-corrected chi connectivity index (χ2v) is 9.22. The molecule has 1 atom stereocenters. The van der Waals surface area contributed by atoms with Crippen LogP contribution in [0.2, 0.25) is 10.0 Å². The molecule has 1 fully saturated rings. The molecule has 5 heterocycles. The second kappa shape index (κ2) is 6.95. The summed E-state index contributed by atoms with van der Waals surface area (Å²) in [6.07, 6.45) is 9.42. The van der Waals surface area contributed by atoms with Crippen molar-refractivity contribution >= 4 is 34.5 Å². The molecule has 158 valence electrons. The highest BCUT2D eigenvalue weighted by atomic mass is 35.5. The van der Waals surface area contributed by atoms with Crippen molar-refractivity contribution in [2.75, 3.05) is 18.0 Å². The number of fused-ring (bicyclic) bond motifs is 2. The normalized spacial score (nSPS) is 20.0. The topological polar surface area (TPSA) is 77.3 Å². The third-order valence-corrected chi connectivity index (χ3v) is 7.70. The van der Waals surface area contributed by atoms with Crippen LogP contribution in [0.3, 0.4) is 0 Å². The van der Waals surface area contributed by atoms with Gasteiger partial charge in [0.05, 0.1) is 28.0 Å². The van der Waals surface area contributed by atoms with E-state index in [-0.39, 0.29) is 11.5 Å². The molecule has 2 N–H and O–H groups in total. The molecule has 7 nitrogen and oxygen atoms in total. The predicted octanol–water partition coefficient (Wildman–Crippen LogP) is 4.20. The van der Waals surface area contributed by atoms with E-state index in [2.05, 4.69) is 19.7 Å². The Hall–Kier alpha value is -2.61. The summed E-state index contributed by atoms with van der Waals surface area (Å²) in [6, 6.07) is 7.67. The van der Waals surface area contributed by atoms with E-state index in [1.807, 2.05) is 47.4 Å². The monoisotopic (exact) mass is 453 g/mol. The van der Waals surface area contributed by atoms with E-state index in [0.29, 0.717) is 10.0 Å². The Morgan fingerprint density at radius 2 is 1.90 bits per heavy atom. The quantitative estimate of drug-likeness (QED) is 0.491. The lowest BCUT2D eigenvalue weighted by Gasteiger charge is -2.41. The third-order valence-electron chi connectivity index (χ3n) is 6.88. The maximum atomic E-state index is 6.64. The molecule has 1 aromatic carbocycles. The van der Waals surface area contributed by atoms with Crippen molar-refractivity contribution in [3.8, 4) is 11.4 Å². The number of hydrogen-bond acceptors (Lipinski definition) is 5. The highest BCUT2D eigenvalue weighted by Crippen LogP contribution is 2.48. The van der Waals surface area contributed by atoms with Crippen molar-refractivity contribution in [1.29, 1.82) is 0 Å². The van der Waals surface area contributed by atoms with Gasteiger partial charge in [0, 0.05) is 49.2 Å². The minimum absolute atomic E-state index is 0.0347. The van der Waals surface area contributed by atoms with Crippen molar-refractivity contribution in [1.82, 2.24) is 24.1 Å². The molecule has 1 spiro atoms. The molecule has 0 unspecified atom stereocenters. The Labute approximate surface area is 189 Å².